The quantitative estimate of drug-likeness (QED) is 0.692. The summed E-state index contributed by atoms with van der Waals surface area (Å²) in [6.45, 7) is 0.712. The zero-order valence-corrected chi connectivity index (χ0v) is 11.3. The van der Waals surface area contributed by atoms with Crippen LogP contribution in [0, 0.1) is 29.6 Å². The summed E-state index contributed by atoms with van der Waals surface area (Å²) >= 11 is 0. The van der Waals surface area contributed by atoms with Gasteiger partial charge >= 0.3 is 5.97 Å². The molecule has 0 saturated heterocycles. The maximum Gasteiger partial charge on any atom is 0.303 e. The van der Waals surface area contributed by atoms with Gasteiger partial charge in [-0.1, -0.05) is 6.42 Å². The number of rotatable bonds is 7. The van der Waals surface area contributed by atoms with Gasteiger partial charge in [0, 0.05) is 18.9 Å². The second-order valence-corrected chi connectivity index (χ2v) is 6.51. The van der Waals surface area contributed by atoms with E-state index in [2.05, 4.69) is 5.32 Å². The van der Waals surface area contributed by atoms with Crippen molar-refractivity contribution in [2.45, 2.75) is 44.9 Å². The van der Waals surface area contributed by atoms with Crippen LogP contribution in [0.5, 0.6) is 0 Å². The highest BCUT2D eigenvalue weighted by Crippen LogP contribution is 2.69. The smallest absolute Gasteiger partial charge is 0.303 e. The van der Waals surface area contributed by atoms with E-state index in [9.17, 15) is 9.59 Å². The lowest BCUT2D eigenvalue weighted by molar-refractivity contribution is -0.137. The van der Waals surface area contributed by atoms with E-state index in [1.54, 1.807) is 0 Å². The molecule has 1 unspecified atom stereocenters. The SMILES string of the molecule is O=C(O)CCCCCNC(=O)C1[C@@H]2[C@H]3CC[C@@H](C3)[C@H]12. The summed E-state index contributed by atoms with van der Waals surface area (Å²) in [5, 5.41) is 11.6. The van der Waals surface area contributed by atoms with Crippen molar-refractivity contribution >= 4 is 11.9 Å². The normalized spacial score (nSPS) is 38.0. The minimum atomic E-state index is -0.731. The Morgan fingerprint density at radius 2 is 1.74 bits per heavy atom. The molecule has 3 aliphatic carbocycles. The molecular formula is C15H23NO3. The van der Waals surface area contributed by atoms with Crippen LogP contribution in [0.15, 0.2) is 0 Å². The number of hydrogen-bond acceptors (Lipinski definition) is 2. The highest BCUT2D eigenvalue weighted by atomic mass is 16.4. The van der Waals surface area contributed by atoms with E-state index < -0.39 is 5.97 Å². The number of hydrogen-bond donors (Lipinski definition) is 2. The highest BCUT2D eigenvalue weighted by Gasteiger charge is 2.67. The van der Waals surface area contributed by atoms with Crippen LogP contribution >= 0.6 is 0 Å². The third-order valence-corrected chi connectivity index (χ3v) is 5.40. The van der Waals surface area contributed by atoms with Crippen molar-refractivity contribution in [3.05, 3.63) is 0 Å². The van der Waals surface area contributed by atoms with Crippen molar-refractivity contribution < 1.29 is 14.7 Å². The lowest BCUT2D eigenvalue weighted by Crippen LogP contribution is -2.28. The molecule has 0 aromatic carbocycles. The fraction of sp³-hybridized carbons (Fsp3) is 0.867. The Balaban J connectivity index is 1.30. The standard InChI is InChI=1S/C15H23NO3/c17-11(18)4-2-1-3-7-16-15(19)14-12-9-5-6-10(8-9)13(12)14/h9-10,12-14H,1-8H2,(H,16,19)(H,17,18)/t9-,10-,12-,13+,14?/m0/s1. The number of carboxylic acid groups (broad SMARTS) is 1. The second-order valence-electron chi connectivity index (χ2n) is 6.51. The molecule has 0 spiro atoms. The molecule has 3 fully saturated rings. The van der Waals surface area contributed by atoms with Crippen molar-refractivity contribution in [3.8, 4) is 0 Å². The van der Waals surface area contributed by atoms with Gasteiger partial charge in [0.1, 0.15) is 0 Å². The van der Waals surface area contributed by atoms with Gasteiger partial charge in [0.05, 0.1) is 0 Å². The van der Waals surface area contributed by atoms with Crippen molar-refractivity contribution in [1.29, 1.82) is 0 Å². The van der Waals surface area contributed by atoms with E-state index in [1.807, 2.05) is 0 Å². The van der Waals surface area contributed by atoms with Crippen molar-refractivity contribution in [2.24, 2.45) is 29.6 Å². The van der Waals surface area contributed by atoms with Crippen molar-refractivity contribution in [2.75, 3.05) is 6.54 Å². The molecule has 3 rings (SSSR count). The van der Waals surface area contributed by atoms with Gasteiger partial charge in [0.25, 0.3) is 0 Å². The topological polar surface area (TPSA) is 66.4 Å². The van der Waals surface area contributed by atoms with Gasteiger partial charge in [0.15, 0.2) is 0 Å². The molecule has 3 aliphatic rings. The molecule has 0 aromatic heterocycles. The van der Waals surface area contributed by atoms with Crippen LogP contribution in [0.3, 0.4) is 0 Å². The predicted octanol–water partition coefficient (Wildman–Crippen LogP) is 2.04. The molecule has 0 aliphatic heterocycles. The first-order valence-corrected chi connectivity index (χ1v) is 7.68. The van der Waals surface area contributed by atoms with Gasteiger partial charge in [-0.3, -0.25) is 9.59 Å². The number of aliphatic carboxylic acids is 1. The van der Waals surface area contributed by atoms with Gasteiger partial charge in [-0.05, 0) is 55.8 Å². The van der Waals surface area contributed by atoms with Crippen molar-refractivity contribution in [3.63, 3.8) is 0 Å². The van der Waals surface area contributed by atoms with Crippen LogP contribution < -0.4 is 5.32 Å². The monoisotopic (exact) mass is 265 g/mol. The number of nitrogens with one attached hydrogen (secondary N) is 1. The summed E-state index contributed by atoms with van der Waals surface area (Å²) < 4.78 is 0. The van der Waals surface area contributed by atoms with Crippen LogP contribution in [0.25, 0.3) is 0 Å². The average Bonchev–Trinajstić information content (AvgIpc) is 2.82. The summed E-state index contributed by atoms with van der Waals surface area (Å²) in [6, 6.07) is 0. The summed E-state index contributed by atoms with van der Waals surface area (Å²) in [5.41, 5.74) is 0. The van der Waals surface area contributed by atoms with Gasteiger partial charge in [-0.15, -0.1) is 0 Å². The molecule has 106 valence electrons. The summed E-state index contributed by atoms with van der Waals surface area (Å²) in [7, 11) is 0. The van der Waals surface area contributed by atoms with Crippen LogP contribution in [0.2, 0.25) is 0 Å². The van der Waals surface area contributed by atoms with Crippen LogP contribution in [0.1, 0.15) is 44.9 Å². The molecule has 1 amide bonds. The van der Waals surface area contributed by atoms with Crippen molar-refractivity contribution in [1.82, 2.24) is 5.32 Å². The predicted molar refractivity (Wildman–Crippen MR) is 70.4 cm³/mol. The van der Waals surface area contributed by atoms with Gasteiger partial charge in [-0.25, -0.2) is 0 Å². The minimum Gasteiger partial charge on any atom is -0.481 e. The third kappa shape index (κ3) is 2.49. The zero-order chi connectivity index (χ0) is 13.4. The fourth-order valence-corrected chi connectivity index (χ4v) is 4.58. The van der Waals surface area contributed by atoms with Crippen LogP contribution in [0.4, 0.5) is 0 Å². The van der Waals surface area contributed by atoms with E-state index in [4.69, 9.17) is 5.11 Å². The Morgan fingerprint density at radius 3 is 2.37 bits per heavy atom. The molecule has 4 heteroatoms. The summed E-state index contributed by atoms with van der Waals surface area (Å²) in [5.74, 6) is 2.99. The number of carbonyl (C=O) groups is 2. The molecule has 5 atom stereocenters. The zero-order valence-electron chi connectivity index (χ0n) is 11.3. The fourth-order valence-electron chi connectivity index (χ4n) is 4.58. The summed E-state index contributed by atoms with van der Waals surface area (Å²) in [6.07, 6.45) is 6.82. The number of amides is 1. The van der Waals surface area contributed by atoms with E-state index in [1.165, 1.54) is 19.3 Å². The Labute approximate surface area is 113 Å². The largest absolute Gasteiger partial charge is 0.481 e. The van der Waals surface area contributed by atoms with E-state index in [0.717, 1.165) is 24.7 Å². The molecule has 0 radical (unpaired) electrons. The van der Waals surface area contributed by atoms with Gasteiger partial charge in [0.2, 0.25) is 5.91 Å². The highest BCUT2D eigenvalue weighted by molar-refractivity contribution is 5.82. The number of carboxylic acids is 1. The Hall–Kier alpha value is -1.06. The Bertz CT molecular complexity index is 366. The maximum absolute atomic E-state index is 12.1. The lowest BCUT2D eigenvalue weighted by atomic mass is 10.0. The lowest BCUT2D eigenvalue weighted by Gasteiger charge is -2.09. The molecule has 2 bridgehead atoms. The minimum absolute atomic E-state index is 0.240. The van der Waals surface area contributed by atoms with E-state index in [-0.39, 0.29) is 12.3 Å². The molecular weight excluding hydrogens is 242 g/mol. The first-order valence-electron chi connectivity index (χ1n) is 7.68. The van der Waals surface area contributed by atoms with Crippen LogP contribution in [-0.2, 0) is 9.59 Å². The van der Waals surface area contributed by atoms with Gasteiger partial charge in [-0.2, -0.15) is 0 Å². The Morgan fingerprint density at radius 1 is 1.05 bits per heavy atom. The van der Waals surface area contributed by atoms with Crippen LogP contribution in [-0.4, -0.2) is 23.5 Å². The Kier molecular flexibility index (Phi) is 3.50. The third-order valence-electron chi connectivity index (χ3n) is 5.40. The number of fused-ring (bicyclic) bond motifs is 5. The maximum atomic E-state index is 12.1. The first kappa shape index (κ1) is 12.9. The molecule has 3 saturated carbocycles. The average molecular weight is 265 g/mol. The molecule has 4 nitrogen and oxygen atoms in total. The molecule has 19 heavy (non-hydrogen) atoms. The van der Waals surface area contributed by atoms with Gasteiger partial charge < -0.3 is 10.4 Å². The molecule has 2 N–H and O–H groups in total. The molecule has 0 heterocycles. The first-order chi connectivity index (χ1) is 9.18. The summed E-state index contributed by atoms with van der Waals surface area (Å²) in [4.78, 5) is 22.4. The van der Waals surface area contributed by atoms with E-state index >= 15 is 0 Å². The molecule has 0 aromatic rings. The second kappa shape index (κ2) is 5.14. The number of carbonyl (C=O) groups excluding carboxylic acids is 1. The number of unbranched alkanes of at least 4 members (excludes halogenated alkanes) is 2. The van der Waals surface area contributed by atoms with E-state index in [0.29, 0.717) is 30.7 Å².